The second-order valence-electron chi connectivity index (χ2n) is 5.54. The van der Waals surface area contributed by atoms with E-state index in [-0.39, 0.29) is 18.2 Å². The van der Waals surface area contributed by atoms with Gasteiger partial charge in [0.15, 0.2) is 0 Å². The summed E-state index contributed by atoms with van der Waals surface area (Å²) in [6, 6.07) is 4.27. The van der Waals surface area contributed by atoms with Crippen molar-refractivity contribution in [1.82, 2.24) is 9.47 Å². The topological polar surface area (TPSA) is 62.5 Å². The number of carbonyl (C=O) groups is 2. The van der Waals surface area contributed by atoms with Crippen LogP contribution in [0.1, 0.15) is 42.2 Å². The van der Waals surface area contributed by atoms with Gasteiger partial charge in [0, 0.05) is 31.7 Å². The predicted octanol–water partition coefficient (Wildman–Crippen LogP) is 1.76. The molecule has 0 bridgehead atoms. The van der Waals surface area contributed by atoms with Crippen LogP contribution < -0.4 is 0 Å². The number of carboxylic acids is 1. The molecule has 1 aromatic rings. The molecule has 1 aromatic heterocycles. The second kappa shape index (κ2) is 4.72. The summed E-state index contributed by atoms with van der Waals surface area (Å²) < 4.78 is 2.06. The molecule has 2 aliphatic rings. The van der Waals surface area contributed by atoms with Crippen LogP contribution >= 0.6 is 0 Å². The quantitative estimate of drug-likeness (QED) is 0.899. The lowest BCUT2D eigenvalue weighted by molar-refractivity contribution is -0.138. The molecule has 1 aliphatic heterocycles. The summed E-state index contributed by atoms with van der Waals surface area (Å²) in [6.07, 6.45) is 5.22. The molecule has 102 valence electrons. The highest BCUT2D eigenvalue weighted by atomic mass is 16.4. The number of likely N-dealkylation sites (tertiary alicyclic amines) is 1. The molecule has 0 spiro atoms. The van der Waals surface area contributed by atoms with Crippen molar-refractivity contribution in [2.75, 3.05) is 13.1 Å². The number of hydrogen-bond acceptors (Lipinski definition) is 2. The van der Waals surface area contributed by atoms with Crippen molar-refractivity contribution in [2.45, 2.75) is 31.7 Å². The Morgan fingerprint density at radius 2 is 2.11 bits per heavy atom. The van der Waals surface area contributed by atoms with Gasteiger partial charge in [-0.05, 0) is 37.3 Å². The maximum Gasteiger partial charge on any atom is 0.303 e. The summed E-state index contributed by atoms with van der Waals surface area (Å²) >= 11 is 0. The van der Waals surface area contributed by atoms with Gasteiger partial charge in [0.1, 0.15) is 5.69 Å². The third kappa shape index (κ3) is 2.50. The number of carboxylic acid groups (broad SMARTS) is 1. The van der Waals surface area contributed by atoms with Gasteiger partial charge in [0.2, 0.25) is 0 Å². The van der Waals surface area contributed by atoms with Crippen LogP contribution in [0.15, 0.2) is 18.3 Å². The highest BCUT2D eigenvalue weighted by molar-refractivity contribution is 5.93. The van der Waals surface area contributed by atoms with E-state index in [1.54, 1.807) is 4.90 Å². The SMILES string of the molecule is O=C(O)CC1CCN(C(=O)c2cccn2C2CC2)C1. The summed E-state index contributed by atoms with van der Waals surface area (Å²) in [5.41, 5.74) is 0.749. The molecule has 1 N–H and O–H groups in total. The number of aliphatic carboxylic acids is 1. The minimum atomic E-state index is -0.777. The Balaban J connectivity index is 1.67. The summed E-state index contributed by atoms with van der Waals surface area (Å²) in [5.74, 6) is -0.628. The van der Waals surface area contributed by atoms with Crippen molar-refractivity contribution < 1.29 is 14.7 Å². The van der Waals surface area contributed by atoms with Gasteiger partial charge < -0.3 is 14.6 Å². The normalized spacial score (nSPS) is 22.7. The Morgan fingerprint density at radius 1 is 1.32 bits per heavy atom. The molecular weight excluding hydrogens is 244 g/mol. The Hall–Kier alpha value is -1.78. The van der Waals surface area contributed by atoms with Gasteiger partial charge in [-0.15, -0.1) is 0 Å². The van der Waals surface area contributed by atoms with Crippen molar-refractivity contribution in [3.63, 3.8) is 0 Å². The van der Waals surface area contributed by atoms with Crippen LogP contribution in [0.2, 0.25) is 0 Å². The van der Waals surface area contributed by atoms with Gasteiger partial charge >= 0.3 is 5.97 Å². The number of hydrogen-bond donors (Lipinski definition) is 1. The lowest BCUT2D eigenvalue weighted by Gasteiger charge is -2.17. The Morgan fingerprint density at radius 3 is 2.79 bits per heavy atom. The van der Waals surface area contributed by atoms with Crippen LogP contribution in [0.5, 0.6) is 0 Å². The number of aromatic nitrogens is 1. The molecule has 1 saturated carbocycles. The maximum absolute atomic E-state index is 12.5. The van der Waals surface area contributed by atoms with E-state index in [2.05, 4.69) is 4.57 Å². The average Bonchev–Trinajstić information content (AvgIpc) is 2.91. The molecular formula is C14H18N2O3. The van der Waals surface area contributed by atoms with E-state index in [1.165, 1.54) is 0 Å². The molecule has 2 fully saturated rings. The third-order valence-corrected chi connectivity index (χ3v) is 3.97. The highest BCUT2D eigenvalue weighted by Crippen LogP contribution is 2.36. The van der Waals surface area contributed by atoms with Crippen LogP contribution in [-0.4, -0.2) is 39.5 Å². The van der Waals surface area contributed by atoms with Crippen molar-refractivity contribution >= 4 is 11.9 Å². The first kappa shape index (κ1) is 12.3. The molecule has 5 heteroatoms. The maximum atomic E-state index is 12.5. The Labute approximate surface area is 111 Å². The van der Waals surface area contributed by atoms with Crippen molar-refractivity contribution in [3.8, 4) is 0 Å². The third-order valence-electron chi connectivity index (χ3n) is 3.97. The van der Waals surface area contributed by atoms with E-state index >= 15 is 0 Å². The summed E-state index contributed by atoms with van der Waals surface area (Å²) in [6.45, 7) is 1.24. The number of rotatable bonds is 4. The van der Waals surface area contributed by atoms with E-state index in [1.807, 2.05) is 18.3 Å². The summed E-state index contributed by atoms with van der Waals surface area (Å²) in [5, 5.41) is 8.80. The molecule has 1 unspecified atom stereocenters. The molecule has 0 aromatic carbocycles. The molecule has 1 saturated heterocycles. The van der Waals surface area contributed by atoms with Crippen molar-refractivity contribution in [1.29, 1.82) is 0 Å². The largest absolute Gasteiger partial charge is 0.481 e. The van der Waals surface area contributed by atoms with Crippen LogP contribution in [-0.2, 0) is 4.79 Å². The van der Waals surface area contributed by atoms with Crippen LogP contribution in [0.3, 0.4) is 0 Å². The Kier molecular flexibility index (Phi) is 3.05. The molecule has 3 rings (SSSR count). The first-order valence-corrected chi connectivity index (χ1v) is 6.83. The molecule has 1 aliphatic carbocycles. The fourth-order valence-corrected chi connectivity index (χ4v) is 2.84. The second-order valence-corrected chi connectivity index (χ2v) is 5.54. The minimum Gasteiger partial charge on any atom is -0.481 e. The van der Waals surface area contributed by atoms with Crippen LogP contribution in [0.4, 0.5) is 0 Å². The van der Waals surface area contributed by atoms with Gasteiger partial charge in [-0.1, -0.05) is 0 Å². The van der Waals surface area contributed by atoms with E-state index < -0.39 is 5.97 Å². The monoisotopic (exact) mass is 262 g/mol. The highest BCUT2D eigenvalue weighted by Gasteiger charge is 2.32. The van der Waals surface area contributed by atoms with Crippen molar-refractivity contribution in [2.24, 2.45) is 5.92 Å². The predicted molar refractivity (Wildman–Crippen MR) is 69.0 cm³/mol. The number of carbonyl (C=O) groups excluding carboxylic acids is 1. The van der Waals surface area contributed by atoms with Crippen LogP contribution in [0, 0.1) is 5.92 Å². The first-order valence-electron chi connectivity index (χ1n) is 6.83. The molecule has 2 heterocycles. The molecule has 19 heavy (non-hydrogen) atoms. The minimum absolute atomic E-state index is 0.0461. The lowest BCUT2D eigenvalue weighted by Crippen LogP contribution is -2.30. The fourth-order valence-electron chi connectivity index (χ4n) is 2.84. The van der Waals surface area contributed by atoms with E-state index in [0.29, 0.717) is 19.1 Å². The smallest absolute Gasteiger partial charge is 0.303 e. The van der Waals surface area contributed by atoms with Gasteiger partial charge in [-0.3, -0.25) is 9.59 Å². The number of nitrogens with zero attached hydrogens (tertiary/aromatic N) is 2. The van der Waals surface area contributed by atoms with Crippen molar-refractivity contribution in [3.05, 3.63) is 24.0 Å². The zero-order chi connectivity index (χ0) is 13.4. The lowest BCUT2D eigenvalue weighted by atomic mass is 10.1. The zero-order valence-corrected chi connectivity index (χ0v) is 10.8. The molecule has 5 nitrogen and oxygen atoms in total. The van der Waals surface area contributed by atoms with Gasteiger partial charge in [0.05, 0.1) is 0 Å². The van der Waals surface area contributed by atoms with Gasteiger partial charge in [-0.2, -0.15) is 0 Å². The van der Waals surface area contributed by atoms with Gasteiger partial charge in [-0.25, -0.2) is 0 Å². The molecule has 1 amide bonds. The fraction of sp³-hybridized carbons (Fsp3) is 0.571. The molecule has 0 radical (unpaired) electrons. The number of amides is 1. The van der Waals surface area contributed by atoms with E-state index in [0.717, 1.165) is 25.0 Å². The first-order chi connectivity index (χ1) is 9.15. The average molecular weight is 262 g/mol. The van der Waals surface area contributed by atoms with Gasteiger partial charge in [0.25, 0.3) is 5.91 Å². The standard InChI is InChI=1S/C14H18N2O3/c17-13(18)8-10-5-7-15(9-10)14(19)12-2-1-6-16(12)11-3-4-11/h1-2,6,10-11H,3-5,7-9H2,(H,17,18). The summed E-state index contributed by atoms with van der Waals surface area (Å²) in [4.78, 5) is 24.9. The zero-order valence-electron chi connectivity index (χ0n) is 10.8. The van der Waals surface area contributed by atoms with E-state index in [9.17, 15) is 9.59 Å². The summed E-state index contributed by atoms with van der Waals surface area (Å²) in [7, 11) is 0. The Bertz CT molecular complexity index is 505. The van der Waals surface area contributed by atoms with Crippen LogP contribution in [0.25, 0.3) is 0 Å². The molecule has 1 atom stereocenters. The van der Waals surface area contributed by atoms with E-state index in [4.69, 9.17) is 5.11 Å².